The number of nitrogens with one attached hydrogen (secondary N) is 2. The Labute approximate surface area is 124 Å². The molecule has 1 aromatic carbocycles. The fraction of sp³-hybridized carbons (Fsp3) is 0.294. The molecular formula is C17H19N3O. The molecule has 108 valence electrons. The van der Waals surface area contributed by atoms with Gasteiger partial charge in [-0.3, -0.25) is 9.78 Å². The van der Waals surface area contributed by atoms with Gasteiger partial charge in [0.2, 0.25) is 5.91 Å². The van der Waals surface area contributed by atoms with Crippen LogP contribution in [0.25, 0.3) is 0 Å². The Morgan fingerprint density at radius 3 is 2.95 bits per heavy atom. The van der Waals surface area contributed by atoms with Gasteiger partial charge in [-0.1, -0.05) is 24.3 Å². The summed E-state index contributed by atoms with van der Waals surface area (Å²) in [6, 6.07) is 13.9. The fourth-order valence-corrected chi connectivity index (χ4v) is 2.77. The number of benzene rings is 1. The standard InChI is InChI=1S/C17H19N3O/c1-12(15-7-4-5-9-18-15)20-17(21)10-13-11-19-16-8-3-2-6-14(13)16/h2-9,12-13,19H,10-11H2,1H3,(H,20,21)/t12-,13?/m1/s1. The van der Waals surface area contributed by atoms with Crippen molar-refractivity contribution in [1.29, 1.82) is 0 Å². The molecular weight excluding hydrogens is 262 g/mol. The summed E-state index contributed by atoms with van der Waals surface area (Å²) in [6.45, 7) is 2.78. The van der Waals surface area contributed by atoms with Gasteiger partial charge in [0.25, 0.3) is 0 Å². The minimum atomic E-state index is -0.0664. The molecule has 3 rings (SSSR count). The lowest BCUT2D eigenvalue weighted by Gasteiger charge is -2.15. The van der Waals surface area contributed by atoms with E-state index in [0.717, 1.165) is 17.9 Å². The molecule has 0 bridgehead atoms. The first-order valence-electron chi connectivity index (χ1n) is 7.27. The number of hydrogen-bond donors (Lipinski definition) is 2. The van der Waals surface area contributed by atoms with Crippen LogP contribution in [0, 0.1) is 0 Å². The van der Waals surface area contributed by atoms with Crippen molar-refractivity contribution in [3.63, 3.8) is 0 Å². The highest BCUT2D eigenvalue weighted by Crippen LogP contribution is 2.33. The van der Waals surface area contributed by atoms with Crippen LogP contribution in [0.3, 0.4) is 0 Å². The number of carbonyl (C=O) groups excluding carboxylic acids is 1. The number of nitrogens with zero attached hydrogens (tertiary/aromatic N) is 1. The predicted octanol–water partition coefficient (Wildman–Crippen LogP) is 2.86. The molecule has 2 atom stereocenters. The highest BCUT2D eigenvalue weighted by molar-refractivity contribution is 5.78. The van der Waals surface area contributed by atoms with E-state index in [1.807, 2.05) is 37.3 Å². The molecule has 4 nitrogen and oxygen atoms in total. The molecule has 0 fully saturated rings. The molecule has 1 amide bonds. The second kappa shape index (κ2) is 5.95. The molecule has 1 aliphatic heterocycles. The maximum absolute atomic E-state index is 12.2. The van der Waals surface area contributed by atoms with Crippen LogP contribution < -0.4 is 10.6 Å². The van der Waals surface area contributed by atoms with Crippen LogP contribution in [0.2, 0.25) is 0 Å². The zero-order valence-electron chi connectivity index (χ0n) is 12.0. The highest BCUT2D eigenvalue weighted by Gasteiger charge is 2.24. The highest BCUT2D eigenvalue weighted by atomic mass is 16.1. The third-order valence-corrected chi connectivity index (χ3v) is 3.88. The van der Waals surface area contributed by atoms with Gasteiger partial charge in [0.1, 0.15) is 0 Å². The van der Waals surface area contributed by atoms with Crippen LogP contribution in [-0.2, 0) is 4.79 Å². The second-order valence-electron chi connectivity index (χ2n) is 5.41. The number of carbonyl (C=O) groups is 1. The van der Waals surface area contributed by atoms with Crippen molar-refractivity contribution in [3.05, 3.63) is 59.9 Å². The van der Waals surface area contributed by atoms with Crippen molar-refractivity contribution >= 4 is 11.6 Å². The van der Waals surface area contributed by atoms with E-state index in [4.69, 9.17) is 0 Å². The van der Waals surface area contributed by atoms with Gasteiger partial charge >= 0.3 is 0 Å². The molecule has 0 saturated heterocycles. The summed E-state index contributed by atoms with van der Waals surface area (Å²) < 4.78 is 0. The maximum atomic E-state index is 12.2. The quantitative estimate of drug-likeness (QED) is 0.906. The largest absolute Gasteiger partial charge is 0.384 e. The number of anilines is 1. The monoisotopic (exact) mass is 281 g/mol. The first kappa shape index (κ1) is 13.6. The SMILES string of the molecule is C[C@@H](NC(=O)CC1CNc2ccccc21)c1ccccn1. The van der Waals surface area contributed by atoms with Crippen LogP contribution >= 0.6 is 0 Å². The van der Waals surface area contributed by atoms with Gasteiger partial charge in [-0.15, -0.1) is 0 Å². The van der Waals surface area contributed by atoms with Crippen molar-refractivity contribution in [1.82, 2.24) is 10.3 Å². The smallest absolute Gasteiger partial charge is 0.221 e. The third kappa shape index (κ3) is 3.05. The Morgan fingerprint density at radius 1 is 1.33 bits per heavy atom. The average Bonchev–Trinajstić information content (AvgIpc) is 2.91. The average molecular weight is 281 g/mol. The van der Waals surface area contributed by atoms with Crippen molar-refractivity contribution < 1.29 is 4.79 Å². The lowest BCUT2D eigenvalue weighted by Crippen LogP contribution is -2.28. The van der Waals surface area contributed by atoms with Crippen LogP contribution in [0.15, 0.2) is 48.7 Å². The van der Waals surface area contributed by atoms with Crippen LogP contribution in [0.4, 0.5) is 5.69 Å². The van der Waals surface area contributed by atoms with Gasteiger partial charge in [-0.2, -0.15) is 0 Å². The second-order valence-corrected chi connectivity index (χ2v) is 5.41. The van der Waals surface area contributed by atoms with Gasteiger partial charge in [0, 0.05) is 30.8 Å². The Morgan fingerprint density at radius 2 is 2.14 bits per heavy atom. The summed E-state index contributed by atoms with van der Waals surface area (Å²) in [5, 5.41) is 6.37. The van der Waals surface area contributed by atoms with E-state index in [1.54, 1.807) is 6.20 Å². The van der Waals surface area contributed by atoms with Crippen LogP contribution in [0.5, 0.6) is 0 Å². The first-order valence-corrected chi connectivity index (χ1v) is 7.27. The van der Waals surface area contributed by atoms with Crippen molar-refractivity contribution in [3.8, 4) is 0 Å². The summed E-state index contributed by atoms with van der Waals surface area (Å²) in [5.41, 5.74) is 3.27. The molecule has 0 aliphatic carbocycles. The number of para-hydroxylation sites is 1. The third-order valence-electron chi connectivity index (χ3n) is 3.88. The summed E-state index contributed by atoms with van der Waals surface area (Å²) in [5.74, 6) is 0.314. The number of hydrogen-bond acceptors (Lipinski definition) is 3. The zero-order valence-corrected chi connectivity index (χ0v) is 12.0. The molecule has 2 N–H and O–H groups in total. The summed E-state index contributed by atoms with van der Waals surface area (Å²) in [4.78, 5) is 16.5. The molecule has 4 heteroatoms. The van der Waals surface area contributed by atoms with E-state index in [2.05, 4.69) is 27.8 Å². The van der Waals surface area contributed by atoms with Gasteiger partial charge in [0.05, 0.1) is 11.7 Å². The Kier molecular flexibility index (Phi) is 3.86. The number of pyridine rings is 1. The normalized spacial score (nSPS) is 17.7. The number of aromatic nitrogens is 1. The van der Waals surface area contributed by atoms with E-state index in [0.29, 0.717) is 6.42 Å². The molecule has 2 aromatic rings. The number of rotatable bonds is 4. The van der Waals surface area contributed by atoms with E-state index in [1.165, 1.54) is 5.56 Å². The zero-order chi connectivity index (χ0) is 14.7. The Bertz CT molecular complexity index is 627. The van der Waals surface area contributed by atoms with E-state index in [9.17, 15) is 4.79 Å². The molecule has 2 heterocycles. The van der Waals surface area contributed by atoms with E-state index >= 15 is 0 Å². The van der Waals surface area contributed by atoms with E-state index < -0.39 is 0 Å². The van der Waals surface area contributed by atoms with Gasteiger partial charge in [-0.25, -0.2) is 0 Å². The Balaban J connectivity index is 1.61. The minimum Gasteiger partial charge on any atom is -0.384 e. The molecule has 0 spiro atoms. The lowest BCUT2D eigenvalue weighted by molar-refractivity contribution is -0.122. The molecule has 21 heavy (non-hydrogen) atoms. The molecule has 0 radical (unpaired) electrons. The molecule has 1 unspecified atom stereocenters. The topological polar surface area (TPSA) is 54.0 Å². The molecule has 1 aromatic heterocycles. The lowest BCUT2D eigenvalue weighted by atomic mass is 9.97. The first-order chi connectivity index (χ1) is 10.2. The molecule has 0 saturated carbocycles. The summed E-state index contributed by atoms with van der Waals surface area (Å²) >= 11 is 0. The van der Waals surface area contributed by atoms with Gasteiger partial charge in [0.15, 0.2) is 0 Å². The predicted molar refractivity (Wildman–Crippen MR) is 83.1 cm³/mol. The fourth-order valence-electron chi connectivity index (χ4n) is 2.77. The minimum absolute atomic E-state index is 0.0663. The van der Waals surface area contributed by atoms with Crippen LogP contribution in [-0.4, -0.2) is 17.4 Å². The van der Waals surface area contributed by atoms with Crippen molar-refractivity contribution in [2.24, 2.45) is 0 Å². The molecule has 1 aliphatic rings. The Hall–Kier alpha value is -2.36. The van der Waals surface area contributed by atoms with Crippen LogP contribution in [0.1, 0.15) is 36.6 Å². The van der Waals surface area contributed by atoms with Gasteiger partial charge < -0.3 is 10.6 Å². The number of amides is 1. The van der Waals surface area contributed by atoms with E-state index in [-0.39, 0.29) is 17.9 Å². The summed E-state index contributed by atoms with van der Waals surface area (Å²) in [6.07, 6.45) is 2.25. The van der Waals surface area contributed by atoms with Crippen molar-refractivity contribution in [2.45, 2.75) is 25.3 Å². The summed E-state index contributed by atoms with van der Waals surface area (Å²) in [7, 11) is 0. The van der Waals surface area contributed by atoms with Crippen molar-refractivity contribution in [2.75, 3.05) is 11.9 Å². The maximum Gasteiger partial charge on any atom is 0.221 e. The number of fused-ring (bicyclic) bond motifs is 1. The van der Waals surface area contributed by atoms with Gasteiger partial charge in [-0.05, 0) is 30.7 Å².